The molecule has 0 aliphatic carbocycles. The van der Waals surface area contributed by atoms with Crippen molar-refractivity contribution in [2.45, 2.75) is 25.4 Å². The van der Waals surface area contributed by atoms with Crippen molar-refractivity contribution >= 4 is 24.1 Å². The Morgan fingerprint density at radius 1 is 1.53 bits per heavy atom. The van der Waals surface area contributed by atoms with Crippen molar-refractivity contribution in [3.8, 4) is 0 Å². The number of non-ortho nitro benzene ring substituents is 1. The van der Waals surface area contributed by atoms with Crippen molar-refractivity contribution in [3.63, 3.8) is 0 Å². The van der Waals surface area contributed by atoms with E-state index in [1.807, 2.05) is 4.90 Å². The van der Waals surface area contributed by atoms with Gasteiger partial charge in [0.25, 0.3) is 5.69 Å². The van der Waals surface area contributed by atoms with Crippen molar-refractivity contribution < 1.29 is 14.8 Å². The zero-order chi connectivity index (χ0) is 13.1. The van der Waals surface area contributed by atoms with Crippen molar-refractivity contribution in [1.29, 1.82) is 0 Å². The van der Waals surface area contributed by atoms with Crippen LogP contribution < -0.4 is 0 Å². The number of hydrogen-bond donors (Lipinski definition) is 1. The van der Waals surface area contributed by atoms with Gasteiger partial charge in [0.15, 0.2) is 0 Å². The Morgan fingerprint density at radius 2 is 2.26 bits per heavy atom. The van der Waals surface area contributed by atoms with E-state index in [2.05, 4.69) is 0 Å². The molecule has 1 unspecified atom stereocenters. The molecular weight excluding hydrogens is 272 g/mol. The minimum atomic E-state index is -0.821. The summed E-state index contributed by atoms with van der Waals surface area (Å²) in [6, 6.07) is 5.87. The zero-order valence-corrected chi connectivity index (χ0v) is 11.0. The van der Waals surface area contributed by atoms with Crippen molar-refractivity contribution in [1.82, 2.24) is 4.90 Å². The molecule has 1 saturated heterocycles. The number of halogens is 1. The number of likely N-dealkylation sites (tertiary alicyclic amines) is 1. The summed E-state index contributed by atoms with van der Waals surface area (Å²) in [5.74, 6) is -0.821. The van der Waals surface area contributed by atoms with Crippen LogP contribution in [0.2, 0.25) is 0 Å². The maximum absolute atomic E-state index is 11.0. The van der Waals surface area contributed by atoms with Gasteiger partial charge in [-0.25, -0.2) is 0 Å². The van der Waals surface area contributed by atoms with E-state index in [0.29, 0.717) is 13.0 Å². The van der Waals surface area contributed by atoms with Gasteiger partial charge in [-0.15, -0.1) is 12.4 Å². The van der Waals surface area contributed by atoms with Crippen LogP contribution in [0.25, 0.3) is 0 Å². The van der Waals surface area contributed by atoms with Gasteiger partial charge in [0.2, 0.25) is 0 Å². The smallest absolute Gasteiger partial charge is 0.320 e. The van der Waals surface area contributed by atoms with E-state index in [1.54, 1.807) is 12.1 Å². The standard InChI is InChI=1S/C12H14N2O4.ClH/c15-12(16)11-5-2-6-13(11)8-9-3-1-4-10(7-9)14(17)18;/h1,3-4,7,11H,2,5-6,8H2,(H,15,16);1H. The molecule has 1 heterocycles. The molecule has 2 rings (SSSR count). The fourth-order valence-electron chi connectivity index (χ4n) is 2.30. The largest absolute Gasteiger partial charge is 0.480 e. The molecule has 0 spiro atoms. The van der Waals surface area contributed by atoms with E-state index < -0.39 is 16.9 Å². The minimum absolute atomic E-state index is 0. The molecule has 0 saturated carbocycles. The molecule has 0 radical (unpaired) electrons. The summed E-state index contributed by atoms with van der Waals surface area (Å²) in [5, 5.41) is 19.7. The lowest BCUT2D eigenvalue weighted by atomic mass is 10.1. The molecule has 1 aromatic rings. The highest BCUT2D eigenvalue weighted by atomic mass is 35.5. The quantitative estimate of drug-likeness (QED) is 0.676. The molecule has 0 bridgehead atoms. The number of carbonyl (C=O) groups is 1. The second-order valence-electron chi connectivity index (χ2n) is 4.39. The summed E-state index contributed by atoms with van der Waals surface area (Å²) >= 11 is 0. The van der Waals surface area contributed by atoms with Crippen LogP contribution in [0.4, 0.5) is 5.69 Å². The molecule has 7 heteroatoms. The first-order chi connectivity index (χ1) is 8.58. The van der Waals surface area contributed by atoms with Gasteiger partial charge in [0, 0.05) is 18.7 Å². The van der Waals surface area contributed by atoms with Gasteiger partial charge in [-0.2, -0.15) is 0 Å². The highest BCUT2D eigenvalue weighted by Gasteiger charge is 2.30. The molecule has 1 atom stereocenters. The summed E-state index contributed by atoms with van der Waals surface area (Å²) in [6.45, 7) is 1.16. The van der Waals surface area contributed by atoms with Crippen LogP contribution in [0.15, 0.2) is 24.3 Å². The average molecular weight is 287 g/mol. The van der Waals surface area contributed by atoms with Gasteiger partial charge in [-0.3, -0.25) is 19.8 Å². The topological polar surface area (TPSA) is 83.7 Å². The van der Waals surface area contributed by atoms with E-state index in [1.165, 1.54) is 12.1 Å². The Morgan fingerprint density at radius 3 is 2.89 bits per heavy atom. The number of hydrogen-bond acceptors (Lipinski definition) is 4. The van der Waals surface area contributed by atoms with E-state index in [9.17, 15) is 14.9 Å². The van der Waals surface area contributed by atoms with Crippen LogP contribution in [-0.2, 0) is 11.3 Å². The second kappa shape index (κ2) is 6.49. The van der Waals surface area contributed by atoms with Crippen LogP contribution in [0.1, 0.15) is 18.4 Å². The number of nitro groups is 1. The van der Waals surface area contributed by atoms with Crippen molar-refractivity contribution in [3.05, 3.63) is 39.9 Å². The van der Waals surface area contributed by atoms with Gasteiger partial charge in [0.1, 0.15) is 6.04 Å². The van der Waals surface area contributed by atoms with Gasteiger partial charge >= 0.3 is 5.97 Å². The number of nitrogens with zero attached hydrogens (tertiary/aromatic N) is 2. The van der Waals surface area contributed by atoms with E-state index in [-0.39, 0.29) is 18.1 Å². The first kappa shape index (κ1) is 15.4. The number of carboxylic acid groups (broad SMARTS) is 1. The van der Waals surface area contributed by atoms with Gasteiger partial charge in [-0.1, -0.05) is 12.1 Å². The van der Waals surface area contributed by atoms with Gasteiger partial charge in [0.05, 0.1) is 4.92 Å². The van der Waals surface area contributed by atoms with Gasteiger partial charge < -0.3 is 5.11 Å². The van der Waals surface area contributed by atoms with E-state index >= 15 is 0 Å². The third-order valence-electron chi connectivity index (χ3n) is 3.16. The molecule has 104 valence electrons. The number of nitro benzene ring substituents is 1. The molecule has 1 fully saturated rings. The summed E-state index contributed by atoms with van der Waals surface area (Å²) in [5.41, 5.74) is 0.816. The molecular formula is C12H15ClN2O4. The Kier molecular flexibility index (Phi) is 5.26. The third kappa shape index (κ3) is 3.65. The molecule has 1 aliphatic rings. The third-order valence-corrected chi connectivity index (χ3v) is 3.16. The summed E-state index contributed by atoms with van der Waals surface area (Å²) < 4.78 is 0. The predicted molar refractivity (Wildman–Crippen MR) is 71.4 cm³/mol. The maximum Gasteiger partial charge on any atom is 0.320 e. The predicted octanol–water partition coefficient (Wildman–Crippen LogP) is 2.07. The highest BCUT2D eigenvalue weighted by molar-refractivity contribution is 5.85. The zero-order valence-electron chi connectivity index (χ0n) is 10.2. The van der Waals surface area contributed by atoms with Crippen LogP contribution in [-0.4, -0.2) is 33.5 Å². The van der Waals surface area contributed by atoms with Crippen LogP contribution in [0.3, 0.4) is 0 Å². The molecule has 6 nitrogen and oxygen atoms in total. The van der Waals surface area contributed by atoms with Crippen LogP contribution >= 0.6 is 12.4 Å². The SMILES string of the molecule is Cl.O=C(O)C1CCCN1Cc1cccc([N+](=O)[O-])c1. The normalized spacial score (nSPS) is 18.8. The summed E-state index contributed by atoms with van der Waals surface area (Å²) in [6.07, 6.45) is 1.50. The first-order valence-electron chi connectivity index (χ1n) is 5.78. The second-order valence-corrected chi connectivity index (χ2v) is 4.39. The number of aliphatic carboxylic acids is 1. The van der Waals surface area contributed by atoms with Crippen molar-refractivity contribution in [2.24, 2.45) is 0 Å². The molecule has 0 amide bonds. The minimum Gasteiger partial charge on any atom is -0.480 e. The van der Waals surface area contributed by atoms with Crippen LogP contribution in [0, 0.1) is 10.1 Å². The monoisotopic (exact) mass is 286 g/mol. The molecule has 1 N–H and O–H groups in total. The number of rotatable bonds is 4. The number of benzene rings is 1. The summed E-state index contributed by atoms with van der Waals surface area (Å²) in [7, 11) is 0. The fourth-order valence-corrected chi connectivity index (χ4v) is 2.30. The molecule has 0 aromatic heterocycles. The molecule has 1 aliphatic heterocycles. The highest BCUT2D eigenvalue weighted by Crippen LogP contribution is 2.22. The van der Waals surface area contributed by atoms with Crippen molar-refractivity contribution in [2.75, 3.05) is 6.54 Å². The average Bonchev–Trinajstić information content (AvgIpc) is 2.77. The fraction of sp³-hybridized carbons (Fsp3) is 0.417. The lowest BCUT2D eigenvalue weighted by molar-refractivity contribution is -0.384. The lowest BCUT2D eigenvalue weighted by Crippen LogP contribution is -2.35. The molecule has 1 aromatic carbocycles. The maximum atomic E-state index is 11.0. The Labute approximate surface area is 116 Å². The lowest BCUT2D eigenvalue weighted by Gasteiger charge is -2.20. The van der Waals surface area contributed by atoms with E-state index in [4.69, 9.17) is 5.11 Å². The molecule has 19 heavy (non-hydrogen) atoms. The van der Waals surface area contributed by atoms with Crippen LogP contribution in [0.5, 0.6) is 0 Å². The Balaban J connectivity index is 0.00000180. The Bertz CT molecular complexity index is 481. The number of carboxylic acids is 1. The Hall–Kier alpha value is -1.66. The van der Waals surface area contributed by atoms with Gasteiger partial charge in [-0.05, 0) is 24.9 Å². The summed E-state index contributed by atoms with van der Waals surface area (Å²) in [4.78, 5) is 23.1. The first-order valence-corrected chi connectivity index (χ1v) is 5.78. The van der Waals surface area contributed by atoms with E-state index in [0.717, 1.165) is 18.5 Å².